The van der Waals surface area contributed by atoms with E-state index in [1.165, 1.54) is 13.3 Å². The molecule has 3 heterocycles. The van der Waals surface area contributed by atoms with Crippen molar-refractivity contribution in [1.82, 2.24) is 14.9 Å². The van der Waals surface area contributed by atoms with Crippen LogP contribution in [-0.2, 0) is 0 Å². The maximum Gasteiger partial charge on any atom is 0.256 e. The van der Waals surface area contributed by atoms with Crippen molar-refractivity contribution < 1.29 is 14.3 Å². The number of amides is 2. The van der Waals surface area contributed by atoms with Gasteiger partial charge in [0.05, 0.1) is 30.3 Å². The molecule has 152 valence electrons. The zero-order valence-electron chi connectivity index (χ0n) is 16.7. The summed E-state index contributed by atoms with van der Waals surface area (Å²) >= 11 is 0. The van der Waals surface area contributed by atoms with E-state index in [1.54, 1.807) is 48.7 Å². The number of anilines is 1. The number of likely N-dealkylation sites (tertiary alicyclic amines) is 1. The predicted molar refractivity (Wildman–Crippen MR) is 114 cm³/mol. The van der Waals surface area contributed by atoms with E-state index in [2.05, 4.69) is 15.3 Å². The van der Waals surface area contributed by atoms with Crippen LogP contribution in [0.4, 0.5) is 5.69 Å². The minimum absolute atomic E-state index is 0.0187. The molecule has 0 aliphatic carbocycles. The molecule has 0 atom stereocenters. The van der Waals surface area contributed by atoms with Crippen molar-refractivity contribution in [2.45, 2.75) is 12.8 Å². The van der Waals surface area contributed by atoms with Crippen LogP contribution in [0, 0.1) is 0 Å². The Morgan fingerprint density at radius 1 is 1.03 bits per heavy atom. The molecule has 30 heavy (non-hydrogen) atoms. The Morgan fingerprint density at radius 3 is 2.60 bits per heavy atom. The van der Waals surface area contributed by atoms with Gasteiger partial charge in [0.25, 0.3) is 11.8 Å². The first-order valence-corrected chi connectivity index (χ1v) is 9.82. The lowest BCUT2D eigenvalue weighted by atomic mass is 10.0. The Labute approximate surface area is 174 Å². The highest BCUT2D eigenvalue weighted by molar-refractivity contribution is 6.05. The third-order valence-corrected chi connectivity index (χ3v) is 5.03. The number of benzene rings is 1. The summed E-state index contributed by atoms with van der Waals surface area (Å²) in [7, 11) is 1.53. The molecule has 3 aromatic rings. The number of hydrogen-bond acceptors (Lipinski definition) is 5. The first-order valence-electron chi connectivity index (χ1n) is 9.82. The predicted octanol–water partition coefficient (Wildman–Crippen LogP) is 3.64. The molecule has 1 aliphatic rings. The summed E-state index contributed by atoms with van der Waals surface area (Å²) < 4.78 is 5.03. The molecule has 1 fully saturated rings. The topological polar surface area (TPSA) is 84.4 Å². The van der Waals surface area contributed by atoms with Crippen molar-refractivity contribution in [2.24, 2.45) is 0 Å². The molecule has 2 aromatic heterocycles. The van der Waals surface area contributed by atoms with Gasteiger partial charge in [-0.15, -0.1) is 0 Å². The number of nitrogens with one attached hydrogen (secondary N) is 1. The first-order chi connectivity index (χ1) is 14.7. The third kappa shape index (κ3) is 4.15. The maximum absolute atomic E-state index is 12.9. The van der Waals surface area contributed by atoms with Crippen molar-refractivity contribution >= 4 is 17.5 Å². The molecule has 0 unspecified atom stereocenters. The number of ether oxygens (including phenoxy) is 1. The molecular weight excluding hydrogens is 380 g/mol. The van der Waals surface area contributed by atoms with Crippen molar-refractivity contribution in [1.29, 1.82) is 0 Å². The van der Waals surface area contributed by atoms with E-state index in [-0.39, 0.29) is 11.8 Å². The fraction of sp³-hybridized carbons (Fsp3) is 0.217. The average molecular weight is 402 g/mol. The van der Waals surface area contributed by atoms with Crippen LogP contribution in [0.15, 0.2) is 60.9 Å². The normalized spacial score (nSPS) is 13.2. The van der Waals surface area contributed by atoms with E-state index < -0.39 is 0 Å². The summed E-state index contributed by atoms with van der Waals surface area (Å²) in [5.41, 5.74) is 2.88. The number of rotatable bonds is 5. The van der Waals surface area contributed by atoms with E-state index in [0.717, 1.165) is 31.5 Å². The van der Waals surface area contributed by atoms with Crippen LogP contribution < -0.4 is 10.1 Å². The number of carbonyl (C=O) groups excluding carboxylic acids is 2. The second-order valence-corrected chi connectivity index (χ2v) is 7.02. The highest BCUT2D eigenvalue weighted by Gasteiger charge is 2.23. The van der Waals surface area contributed by atoms with Gasteiger partial charge in [-0.25, -0.2) is 4.98 Å². The van der Waals surface area contributed by atoms with Gasteiger partial charge >= 0.3 is 0 Å². The third-order valence-electron chi connectivity index (χ3n) is 5.03. The van der Waals surface area contributed by atoms with Gasteiger partial charge in [-0.05, 0) is 43.2 Å². The van der Waals surface area contributed by atoms with Gasteiger partial charge in [0.2, 0.25) is 5.88 Å². The van der Waals surface area contributed by atoms with E-state index in [4.69, 9.17) is 4.74 Å². The molecule has 0 radical (unpaired) electrons. The molecule has 0 spiro atoms. The second kappa shape index (κ2) is 8.73. The summed E-state index contributed by atoms with van der Waals surface area (Å²) in [6.07, 6.45) is 5.24. The van der Waals surface area contributed by atoms with Crippen LogP contribution in [0.2, 0.25) is 0 Å². The monoisotopic (exact) mass is 402 g/mol. The Bertz CT molecular complexity index is 1060. The van der Waals surface area contributed by atoms with E-state index in [0.29, 0.717) is 28.4 Å². The SMILES string of the molecule is COc1ccc(NC(=O)c2cccc(-c3ncccc3C(=O)N3CCCC3)c2)cn1. The summed E-state index contributed by atoms with van der Waals surface area (Å²) in [5.74, 6) is 0.183. The van der Waals surface area contributed by atoms with Gasteiger partial charge in [0, 0.05) is 36.5 Å². The van der Waals surface area contributed by atoms with Crippen molar-refractivity contribution in [3.63, 3.8) is 0 Å². The van der Waals surface area contributed by atoms with Gasteiger partial charge in [0.15, 0.2) is 0 Å². The summed E-state index contributed by atoms with van der Waals surface area (Å²) in [6, 6.07) is 14.1. The van der Waals surface area contributed by atoms with Gasteiger partial charge < -0.3 is 15.0 Å². The molecule has 2 amide bonds. The van der Waals surface area contributed by atoms with Crippen molar-refractivity contribution in [2.75, 3.05) is 25.5 Å². The first kappa shape index (κ1) is 19.6. The standard InChI is InChI=1S/C23H22N4O3/c1-30-20-10-9-18(15-25-20)26-22(28)17-7-4-6-16(14-17)21-19(8-5-11-24-21)23(29)27-12-2-3-13-27/h4-11,14-15H,2-3,12-13H2,1H3,(H,26,28). The van der Waals surface area contributed by atoms with Crippen molar-refractivity contribution in [3.8, 4) is 17.1 Å². The van der Waals surface area contributed by atoms with Crippen LogP contribution >= 0.6 is 0 Å². The lowest BCUT2D eigenvalue weighted by Gasteiger charge is -2.17. The number of methoxy groups -OCH3 is 1. The smallest absolute Gasteiger partial charge is 0.256 e. The van der Waals surface area contributed by atoms with Crippen molar-refractivity contribution in [3.05, 3.63) is 72.1 Å². The van der Waals surface area contributed by atoms with Gasteiger partial charge in [-0.1, -0.05) is 12.1 Å². The minimum Gasteiger partial charge on any atom is -0.481 e. The van der Waals surface area contributed by atoms with Crippen LogP contribution in [0.1, 0.15) is 33.6 Å². The number of aromatic nitrogens is 2. The quantitative estimate of drug-likeness (QED) is 0.704. The Kier molecular flexibility index (Phi) is 5.70. The number of hydrogen-bond donors (Lipinski definition) is 1. The number of nitrogens with zero attached hydrogens (tertiary/aromatic N) is 3. The Hall–Kier alpha value is -3.74. The van der Waals surface area contributed by atoms with Crippen LogP contribution in [-0.4, -0.2) is 46.9 Å². The lowest BCUT2D eigenvalue weighted by Crippen LogP contribution is -2.28. The zero-order valence-corrected chi connectivity index (χ0v) is 16.7. The summed E-state index contributed by atoms with van der Waals surface area (Å²) in [5, 5.41) is 2.82. The molecule has 0 saturated carbocycles. The fourth-order valence-corrected chi connectivity index (χ4v) is 3.48. The maximum atomic E-state index is 12.9. The van der Waals surface area contributed by atoms with Gasteiger partial charge in [-0.2, -0.15) is 0 Å². The van der Waals surface area contributed by atoms with E-state index in [1.807, 2.05) is 11.0 Å². The van der Waals surface area contributed by atoms with Gasteiger partial charge in [-0.3, -0.25) is 14.6 Å². The van der Waals surface area contributed by atoms with Crippen LogP contribution in [0.25, 0.3) is 11.3 Å². The summed E-state index contributed by atoms with van der Waals surface area (Å²) in [4.78, 5) is 36.0. The Morgan fingerprint density at radius 2 is 1.87 bits per heavy atom. The Balaban J connectivity index is 1.59. The highest BCUT2D eigenvalue weighted by Crippen LogP contribution is 2.25. The van der Waals surface area contributed by atoms with Crippen LogP contribution in [0.5, 0.6) is 5.88 Å². The molecule has 1 aliphatic heterocycles. The fourth-order valence-electron chi connectivity index (χ4n) is 3.48. The largest absolute Gasteiger partial charge is 0.481 e. The lowest BCUT2D eigenvalue weighted by molar-refractivity contribution is 0.0793. The molecule has 1 N–H and O–H groups in total. The van der Waals surface area contributed by atoms with Gasteiger partial charge in [0.1, 0.15) is 0 Å². The molecule has 7 heteroatoms. The van der Waals surface area contributed by atoms with E-state index in [9.17, 15) is 9.59 Å². The molecule has 1 saturated heterocycles. The summed E-state index contributed by atoms with van der Waals surface area (Å²) in [6.45, 7) is 1.54. The zero-order chi connectivity index (χ0) is 20.9. The molecule has 4 rings (SSSR count). The molecule has 1 aromatic carbocycles. The molecule has 0 bridgehead atoms. The highest BCUT2D eigenvalue weighted by atomic mass is 16.5. The second-order valence-electron chi connectivity index (χ2n) is 7.02. The van der Waals surface area contributed by atoms with E-state index >= 15 is 0 Å². The average Bonchev–Trinajstić information content (AvgIpc) is 3.34. The molecular formula is C23H22N4O3. The van der Waals surface area contributed by atoms with Crippen LogP contribution in [0.3, 0.4) is 0 Å². The number of carbonyl (C=O) groups is 2. The minimum atomic E-state index is -0.271. The molecule has 7 nitrogen and oxygen atoms in total. The number of pyridine rings is 2.